The summed E-state index contributed by atoms with van der Waals surface area (Å²) < 4.78 is 5.35. The lowest BCUT2D eigenvalue weighted by Gasteiger charge is -2.35. The van der Waals surface area contributed by atoms with Crippen LogP contribution in [0.15, 0.2) is 42.5 Å². The number of para-hydroxylation sites is 1. The molecule has 1 unspecified atom stereocenters. The molecule has 0 spiro atoms. The van der Waals surface area contributed by atoms with Crippen molar-refractivity contribution in [2.45, 2.75) is 32.7 Å². The third kappa shape index (κ3) is 2.47. The number of carbonyl (C=O) groups excluding carboxylic acids is 1. The third-order valence-corrected chi connectivity index (χ3v) is 4.40. The van der Waals surface area contributed by atoms with Crippen LogP contribution in [0.25, 0.3) is 0 Å². The van der Waals surface area contributed by atoms with E-state index in [0.717, 1.165) is 29.8 Å². The minimum atomic E-state index is 0.0398. The smallest absolute Gasteiger partial charge is 0.258 e. The summed E-state index contributed by atoms with van der Waals surface area (Å²) in [5, 5.41) is 0. The van der Waals surface area contributed by atoms with Crippen LogP contribution in [0, 0.1) is 6.92 Å². The van der Waals surface area contributed by atoms with Gasteiger partial charge in [-0.2, -0.15) is 0 Å². The Bertz CT molecular complexity index is 708. The van der Waals surface area contributed by atoms with Gasteiger partial charge in [0, 0.05) is 17.3 Å². The fourth-order valence-electron chi connectivity index (χ4n) is 3.09. The lowest BCUT2D eigenvalue weighted by atomic mass is 9.95. The van der Waals surface area contributed by atoms with Gasteiger partial charge in [0.15, 0.2) is 0 Å². The highest BCUT2D eigenvalue weighted by Gasteiger charge is 2.28. The minimum absolute atomic E-state index is 0.0398. The number of methoxy groups -OCH3 is 1. The monoisotopic (exact) mass is 295 g/mol. The van der Waals surface area contributed by atoms with Crippen molar-refractivity contribution in [1.82, 2.24) is 0 Å². The van der Waals surface area contributed by atoms with Gasteiger partial charge in [-0.05, 0) is 56.0 Å². The molecule has 0 radical (unpaired) electrons. The normalized spacial score (nSPS) is 17.0. The molecule has 22 heavy (non-hydrogen) atoms. The van der Waals surface area contributed by atoms with Crippen LogP contribution in [0.1, 0.15) is 34.8 Å². The molecule has 1 aliphatic heterocycles. The van der Waals surface area contributed by atoms with Crippen molar-refractivity contribution in [3.05, 3.63) is 59.2 Å². The number of hydrogen-bond donors (Lipinski definition) is 0. The molecule has 0 saturated heterocycles. The van der Waals surface area contributed by atoms with Gasteiger partial charge in [-0.3, -0.25) is 4.79 Å². The third-order valence-electron chi connectivity index (χ3n) is 4.40. The van der Waals surface area contributed by atoms with Crippen molar-refractivity contribution >= 4 is 11.6 Å². The van der Waals surface area contributed by atoms with Gasteiger partial charge in [-0.15, -0.1) is 0 Å². The van der Waals surface area contributed by atoms with Gasteiger partial charge >= 0.3 is 0 Å². The Morgan fingerprint density at radius 1 is 1.23 bits per heavy atom. The molecule has 2 aromatic carbocycles. The predicted molar refractivity (Wildman–Crippen MR) is 88.8 cm³/mol. The summed E-state index contributed by atoms with van der Waals surface area (Å²) in [6, 6.07) is 14.0. The highest BCUT2D eigenvalue weighted by molar-refractivity contribution is 6.07. The van der Waals surface area contributed by atoms with Crippen LogP contribution >= 0.6 is 0 Å². The number of anilines is 1. The molecule has 1 atom stereocenters. The fourth-order valence-corrected chi connectivity index (χ4v) is 3.09. The van der Waals surface area contributed by atoms with Crippen LogP contribution in [0.4, 0.5) is 5.69 Å². The summed E-state index contributed by atoms with van der Waals surface area (Å²) in [4.78, 5) is 14.9. The van der Waals surface area contributed by atoms with Gasteiger partial charge in [-0.25, -0.2) is 0 Å². The zero-order valence-corrected chi connectivity index (χ0v) is 13.3. The van der Waals surface area contributed by atoms with Gasteiger partial charge in [0.1, 0.15) is 5.75 Å². The van der Waals surface area contributed by atoms with Crippen molar-refractivity contribution < 1.29 is 9.53 Å². The van der Waals surface area contributed by atoms with Crippen LogP contribution in [0.3, 0.4) is 0 Å². The summed E-state index contributed by atoms with van der Waals surface area (Å²) in [7, 11) is 1.63. The first-order chi connectivity index (χ1) is 10.6. The van der Waals surface area contributed by atoms with Gasteiger partial charge in [0.25, 0.3) is 5.91 Å². The van der Waals surface area contributed by atoms with Crippen molar-refractivity contribution in [3.63, 3.8) is 0 Å². The Kier molecular flexibility index (Phi) is 3.88. The molecule has 0 aliphatic carbocycles. The molecule has 0 aromatic heterocycles. The molecular weight excluding hydrogens is 274 g/mol. The first-order valence-electron chi connectivity index (χ1n) is 7.68. The Balaban J connectivity index is 2.01. The second kappa shape index (κ2) is 5.84. The van der Waals surface area contributed by atoms with E-state index in [0.29, 0.717) is 5.56 Å². The van der Waals surface area contributed by atoms with E-state index in [1.165, 1.54) is 5.56 Å². The molecule has 3 nitrogen and oxygen atoms in total. The molecule has 114 valence electrons. The Morgan fingerprint density at radius 3 is 2.77 bits per heavy atom. The number of carbonyl (C=O) groups is 1. The number of fused-ring (bicyclic) bond motifs is 1. The summed E-state index contributed by atoms with van der Waals surface area (Å²) in [6.07, 6.45) is 2.02. The Hall–Kier alpha value is -2.29. The van der Waals surface area contributed by atoms with Crippen LogP contribution in [-0.4, -0.2) is 19.1 Å². The van der Waals surface area contributed by atoms with Gasteiger partial charge < -0.3 is 9.64 Å². The molecule has 0 N–H and O–H groups in total. The quantitative estimate of drug-likeness (QED) is 0.838. The van der Waals surface area contributed by atoms with Crippen LogP contribution in [0.5, 0.6) is 5.75 Å². The van der Waals surface area contributed by atoms with E-state index in [1.54, 1.807) is 7.11 Å². The SMILES string of the molecule is COc1cc(C(=O)N2c3ccccc3CCC2C)ccc1C. The highest BCUT2D eigenvalue weighted by atomic mass is 16.5. The number of amides is 1. The second-order valence-corrected chi connectivity index (χ2v) is 5.88. The van der Waals surface area contributed by atoms with E-state index in [2.05, 4.69) is 13.0 Å². The van der Waals surface area contributed by atoms with E-state index in [9.17, 15) is 4.79 Å². The number of nitrogens with zero attached hydrogens (tertiary/aromatic N) is 1. The molecule has 0 fully saturated rings. The topological polar surface area (TPSA) is 29.5 Å². The van der Waals surface area contributed by atoms with Gasteiger partial charge in [0.05, 0.1) is 7.11 Å². The molecule has 0 bridgehead atoms. The number of benzene rings is 2. The Labute approximate surface area is 131 Å². The minimum Gasteiger partial charge on any atom is -0.496 e. The van der Waals surface area contributed by atoms with E-state index in [1.807, 2.05) is 48.2 Å². The van der Waals surface area contributed by atoms with Crippen LogP contribution in [-0.2, 0) is 6.42 Å². The standard InChI is InChI=1S/C19H21NO2/c1-13-8-10-16(12-18(13)22-3)19(21)20-14(2)9-11-15-6-4-5-7-17(15)20/h4-8,10,12,14H,9,11H2,1-3H3. The molecule has 3 heteroatoms. The average Bonchev–Trinajstić information content (AvgIpc) is 2.54. The van der Waals surface area contributed by atoms with E-state index < -0.39 is 0 Å². The van der Waals surface area contributed by atoms with E-state index >= 15 is 0 Å². The first kappa shape index (κ1) is 14.6. The highest BCUT2D eigenvalue weighted by Crippen LogP contribution is 2.32. The lowest BCUT2D eigenvalue weighted by molar-refractivity contribution is 0.0975. The maximum absolute atomic E-state index is 13.0. The molecule has 1 heterocycles. The fraction of sp³-hybridized carbons (Fsp3) is 0.316. The maximum Gasteiger partial charge on any atom is 0.258 e. The summed E-state index contributed by atoms with van der Waals surface area (Å²) >= 11 is 0. The molecule has 2 aromatic rings. The molecular formula is C19H21NO2. The maximum atomic E-state index is 13.0. The van der Waals surface area contributed by atoms with Crippen molar-refractivity contribution in [2.75, 3.05) is 12.0 Å². The first-order valence-corrected chi connectivity index (χ1v) is 7.68. The molecule has 1 amide bonds. The van der Waals surface area contributed by atoms with Crippen molar-refractivity contribution in [3.8, 4) is 5.75 Å². The zero-order chi connectivity index (χ0) is 15.7. The van der Waals surface area contributed by atoms with Crippen LogP contribution < -0.4 is 9.64 Å². The van der Waals surface area contributed by atoms with Crippen molar-refractivity contribution in [1.29, 1.82) is 0 Å². The van der Waals surface area contributed by atoms with E-state index in [4.69, 9.17) is 4.74 Å². The molecule has 3 rings (SSSR count). The zero-order valence-electron chi connectivity index (χ0n) is 13.3. The largest absolute Gasteiger partial charge is 0.496 e. The van der Waals surface area contributed by atoms with E-state index in [-0.39, 0.29) is 11.9 Å². The second-order valence-electron chi connectivity index (χ2n) is 5.88. The van der Waals surface area contributed by atoms with Gasteiger partial charge in [0.2, 0.25) is 0 Å². The summed E-state index contributed by atoms with van der Waals surface area (Å²) in [6.45, 7) is 4.09. The number of hydrogen-bond acceptors (Lipinski definition) is 2. The van der Waals surface area contributed by atoms with Crippen molar-refractivity contribution in [2.24, 2.45) is 0 Å². The lowest BCUT2D eigenvalue weighted by Crippen LogP contribution is -2.42. The summed E-state index contributed by atoms with van der Waals surface area (Å²) in [5.41, 5.74) is 3.98. The number of ether oxygens (including phenoxy) is 1. The predicted octanol–water partition coefficient (Wildman–Crippen LogP) is 3.99. The number of rotatable bonds is 2. The molecule has 1 aliphatic rings. The average molecular weight is 295 g/mol. The van der Waals surface area contributed by atoms with Crippen LogP contribution in [0.2, 0.25) is 0 Å². The summed E-state index contributed by atoms with van der Waals surface area (Å²) in [5.74, 6) is 0.793. The number of aryl methyl sites for hydroxylation is 2. The molecule has 0 saturated carbocycles. The Morgan fingerprint density at radius 2 is 2.00 bits per heavy atom. The van der Waals surface area contributed by atoms with Gasteiger partial charge in [-0.1, -0.05) is 24.3 Å².